The van der Waals surface area contributed by atoms with Crippen molar-refractivity contribution < 1.29 is 35.7 Å². The summed E-state index contributed by atoms with van der Waals surface area (Å²) in [7, 11) is 19.1. The fraction of sp³-hybridized carbons (Fsp3) is 0. The van der Waals surface area contributed by atoms with Crippen LogP contribution in [0.1, 0.15) is 0 Å². The SMILES string of the molecule is [B]c1c(O)c([B])c2c(c1O)c1c3c4c(O)c([B])c(O)c(O)c4n(-c4cccc(-c5ccc(-c6ccccc6)cc5)c4)c3c(O)c(O)c1n2-c1cccc(-c2ccccc2)c1. The van der Waals surface area contributed by atoms with Crippen LogP contribution in [0.4, 0.5) is 0 Å². The first-order valence-corrected chi connectivity index (χ1v) is 18.8. The second-order valence-corrected chi connectivity index (χ2v) is 14.7. The highest BCUT2D eigenvalue weighted by atomic mass is 16.3. The van der Waals surface area contributed by atoms with Crippen molar-refractivity contribution in [1.29, 1.82) is 0 Å². The van der Waals surface area contributed by atoms with Gasteiger partial charge >= 0.3 is 0 Å². The molecule has 0 amide bonds. The molecule has 0 bridgehead atoms. The van der Waals surface area contributed by atoms with Crippen LogP contribution in [0.3, 0.4) is 0 Å². The number of aromatic hydroxyl groups is 7. The van der Waals surface area contributed by atoms with Crippen LogP contribution in [0, 0.1) is 0 Å². The summed E-state index contributed by atoms with van der Waals surface area (Å²) in [6, 6.07) is 41.6. The number of benzene rings is 8. The molecule has 0 spiro atoms. The van der Waals surface area contributed by atoms with Gasteiger partial charge in [-0.1, -0.05) is 109 Å². The smallest absolute Gasteiger partial charge is 0.185 e. The molecular weight excluding hydrogens is 749 g/mol. The molecule has 10 rings (SSSR count). The van der Waals surface area contributed by atoms with Crippen molar-refractivity contribution in [2.45, 2.75) is 0 Å². The maximum atomic E-state index is 12.3. The quantitative estimate of drug-likeness (QED) is 0.0555. The Hall–Kier alpha value is -7.85. The molecule has 12 heteroatoms. The molecule has 2 heterocycles. The van der Waals surface area contributed by atoms with Gasteiger partial charge in [0.2, 0.25) is 0 Å². The van der Waals surface area contributed by atoms with Crippen LogP contribution >= 0.6 is 0 Å². The molecule has 10 aromatic rings. The average Bonchev–Trinajstić information content (AvgIpc) is 3.84. The van der Waals surface area contributed by atoms with Gasteiger partial charge in [0.1, 0.15) is 57.3 Å². The molecule has 0 aliphatic rings. The molecule has 60 heavy (non-hydrogen) atoms. The third-order valence-electron chi connectivity index (χ3n) is 11.4. The van der Waals surface area contributed by atoms with Crippen LogP contribution in [0.25, 0.3) is 88.4 Å². The molecule has 0 saturated carbocycles. The van der Waals surface area contributed by atoms with E-state index in [1.54, 1.807) is 36.4 Å². The fourth-order valence-corrected chi connectivity index (χ4v) is 8.52. The molecule has 0 aliphatic carbocycles. The van der Waals surface area contributed by atoms with Crippen molar-refractivity contribution in [3.05, 3.63) is 133 Å². The molecule has 6 radical (unpaired) electrons. The van der Waals surface area contributed by atoms with Crippen molar-refractivity contribution in [3.63, 3.8) is 0 Å². The molecule has 2 aromatic heterocycles. The minimum Gasteiger partial charge on any atom is -0.509 e. The van der Waals surface area contributed by atoms with E-state index in [-0.39, 0.29) is 49.1 Å². The number of aromatic nitrogens is 2. The molecule has 0 atom stereocenters. The summed E-state index contributed by atoms with van der Waals surface area (Å²) in [5.74, 6) is -4.81. The first-order chi connectivity index (χ1) is 29.0. The number of hydrogen-bond acceptors (Lipinski definition) is 7. The van der Waals surface area contributed by atoms with E-state index in [1.807, 2.05) is 97.1 Å². The molecule has 9 nitrogen and oxygen atoms in total. The normalized spacial score (nSPS) is 11.7. The predicted octanol–water partition coefficient (Wildman–Crippen LogP) is 7.20. The van der Waals surface area contributed by atoms with Crippen LogP contribution in [0.15, 0.2) is 133 Å². The first kappa shape index (κ1) is 36.5. The Bertz CT molecular complexity index is 3420. The van der Waals surface area contributed by atoms with Gasteiger partial charge in [0.15, 0.2) is 23.0 Å². The van der Waals surface area contributed by atoms with E-state index in [4.69, 9.17) is 23.5 Å². The summed E-state index contributed by atoms with van der Waals surface area (Å²) in [6.45, 7) is 0. The van der Waals surface area contributed by atoms with Crippen LogP contribution in [0.5, 0.6) is 40.2 Å². The van der Waals surface area contributed by atoms with Gasteiger partial charge in [-0.25, -0.2) is 0 Å². The Labute approximate surface area is 345 Å². The summed E-state index contributed by atoms with van der Waals surface area (Å²) in [6.07, 6.45) is 0. The molecule has 282 valence electrons. The number of phenolic OH excluding ortho intramolecular Hbond substituents is 7. The van der Waals surface area contributed by atoms with Gasteiger partial charge < -0.3 is 44.9 Å². The molecule has 8 aromatic carbocycles. The lowest BCUT2D eigenvalue weighted by Gasteiger charge is -2.15. The van der Waals surface area contributed by atoms with E-state index in [0.29, 0.717) is 11.4 Å². The van der Waals surface area contributed by atoms with Crippen LogP contribution in [-0.2, 0) is 0 Å². The number of rotatable bonds is 5. The summed E-state index contributed by atoms with van der Waals surface area (Å²) in [5.41, 5.74) is 4.34. The van der Waals surface area contributed by atoms with E-state index < -0.39 is 51.2 Å². The Balaban J connectivity index is 1.35. The summed E-state index contributed by atoms with van der Waals surface area (Å²) >= 11 is 0. The topological polar surface area (TPSA) is 151 Å². The second kappa shape index (κ2) is 13.4. The van der Waals surface area contributed by atoms with Gasteiger partial charge in [-0.15, -0.1) is 0 Å². The zero-order valence-corrected chi connectivity index (χ0v) is 31.5. The predicted molar refractivity (Wildman–Crippen MR) is 239 cm³/mol. The zero-order chi connectivity index (χ0) is 41.7. The second-order valence-electron chi connectivity index (χ2n) is 14.7. The van der Waals surface area contributed by atoms with Gasteiger partial charge in [-0.2, -0.15) is 0 Å². The van der Waals surface area contributed by atoms with Crippen LogP contribution in [0.2, 0.25) is 0 Å². The highest BCUT2D eigenvalue weighted by Gasteiger charge is 2.33. The van der Waals surface area contributed by atoms with Crippen molar-refractivity contribution in [2.75, 3.05) is 0 Å². The lowest BCUT2D eigenvalue weighted by atomic mass is 9.82. The minimum atomic E-state index is -0.821. The molecule has 0 saturated heterocycles. The number of fused-ring (bicyclic) bond motifs is 7. The van der Waals surface area contributed by atoms with Gasteiger partial charge in [0, 0.05) is 27.5 Å². The van der Waals surface area contributed by atoms with Crippen LogP contribution < -0.4 is 16.4 Å². The fourth-order valence-electron chi connectivity index (χ4n) is 8.52. The standard InChI is InChI=1S/C48H29B3N2O7/c49-35-38-33(42(54)36(50)44(35)56)31-32-34-41(46(58)45(57)37(51)43(34)55)53(30-16-8-14-28(22-30)26-19-17-25(18-20-26)23-9-3-1-4-10-23)40(32)48(60)47(59)39(31)52(38)29-15-7-13-27(21-29)24-11-5-2-6-12-24/h1-22,54-60H. The Morgan fingerprint density at radius 1 is 0.283 bits per heavy atom. The van der Waals surface area contributed by atoms with E-state index >= 15 is 0 Å². The maximum Gasteiger partial charge on any atom is 0.185 e. The lowest BCUT2D eigenvalue weighted by molar-refractivity contribution is 0.405. The van der Waals surface area contributed by atoms with Crippen molar-refractivity contribution in [3.8, 4) is 85.0 Å². The molecule has 0 aliphatic heterocycles. The third kappa shape index (κ3) is 5.10. The van der Waals surface area contributed by atoms with Gasteiger partial charge in [0.05, 0.1) is 10.9 Å². The average molecular weight is 778 g/mol. The summed E-state index contributed by atoms with van der Waals surface area (Å²) in [5, 5.41) is 82.2. The molecule has 0 unspecified atom stereocenters. The van der Waals surface area contributed by atoms with E-state index in [1.165, 1.54) is 9.13 Å². The van der Waals surface area contributed by atoms with Crippen LogP contribution in [-0.4, -0.2) is 68.4 Å². The van der Waals surface area contributed by atoms with E-state index in [2.05, 4.69) is 0 Å². The highest BCUT2D eigenvalue weighted by Crippen LogP contribution is 2.55. The van der Waals surface area contributed by atoms with E-state index in [9.17, 15) is 35.7 Å². The lowest BCUT2D eigenvalue weighted by Crippen LogP contribution is -2.18. The molecule has 7 N–H and O–H groups in total. The van der Waals surface area contributed by atoms with Gasteiger partial charge in [-0.3, -0.25) is 0 Å². The number of phenols is 7. The Morgan fingerprint density at radius 3 is 1.13 bits per heavy atom. The molecule has 0 fully saturated rings. The first-order valence-electron chi connectivity index (χ1n) is 18.8. The highest BCUT2D eigenvalue weighted by molar-refractivity contribution is 6.50. The van der Waals surface area contributed by atoms with E-state index in [0.717, 1.165) is 33.4 Å². The monoisotopic (exact) mass is 778 g/mol. The number of hydrogen-bond donors (Lipinski definition) is 7. The van der Waals surface area contributed by atoms with Gasteiger partial charge in [0.25, 0.3) is 0 Å². The zero-order valence-electron chi connectivity index (χ0n) is 31.5. The Kier molecular flexibility index (Phi) is 8.12. The molecular formula is C48H29B3N2O7. The van der Waals surface area contributed by atoms with Crippen molar-refractivity contribution in [1.82, 2.24) is 9.13 Å². The Morgan fingerprint density at radius 2 is 0.633 bits per heavy atom. The van der Waals surface area contributed by atoms with Gasteiger partial charge in [-0.05, 0) is 74.0 Å². The third-order valence-corrected chi connectivity index (χ3v) is 11.4. The minimum absolute atomic E-state index is 0.00447. The van der Waals surface area contributed by atoms with Crippen molar-refractivity contribution >= 4 is 83.5 Å². The number of nitrogens with zero attached hydrogens (tertiary/aromatic N) is 2. The largest absolute Gasteiger partial charge is 0.509 e. The maximum absolute atomic E-state index is 12.3. The summed E-state index contributed by atoms with van der Waals surface area (Å²) in [4.78, 5) is 0. The summed E-state index contributed by atoms with van der Waals surface area (Å²) < 4.78 is 2.86. The van der Waals surface area contributed by atoms with Crippen molar-refractivity contribution in [2.24, 2.45) is 0 Å².